The first-order chi connectivity index (χ1) is 11.1. The van der Waals surface area contributed by atoms with Crippen LogP contribution in [0.2, 0.25) is 5.02 Å². The second kappa shape index (κ2) is 6.89. The van der Waals surface area contributed by atoms with Gasteiger partial charge in [0, 0.05) is 5.02 Å². The molecule has 0 bridgehead atoms. The van der Waals surface area contributed by atoms with Gasteiger partial charge in [0.05, 0.1) is 17.0 Å². The summed E-state index contributed by atoms with van der Waals surface area (Å²) in [5.74, 6) is -9.68. The Kier molecular flexibility index (Phi) is 5.29. The highest BCUT2D eigenvalue weighted by molar-refractivity contribution is 7.57. The topological polar surface area (TPSA) is 24.7 Å². The van der Waals surface area contributed by atoms with Gasteiger partial charge in [-0.05, 0) is 24.3 Å². The minimum Gasteiger partial charge on any atom is -0.203 e. The van der Waals surface area contributed by atoms with Crippen LogP contribution >= 0.6 is 11.6 Å². The highest BCUT2D eigenvalue weighted by Gasteiger charge is 2.42. The van der Waals surface area contributed by atoms with Crippen molar-refractivity contribution in [3.8, 4) is 0 Å². The van der Waals surface area contributed by atoms with E-state index in [9.17, 15) is 30.7 Å². The number of benzene rings is 2. The Hall–Kier alpha value is -1.94. The van der Waals surface area contributed by atoms with E-state index in [1.54, 1.807) is 0 Å². The third-order valence-corrected chi connectivity index (χ3v) is 3.44. The Morgan fingerprint density at radius 2 is 1.29 bits per heavy atom. The standard InChI is InChI=1S/C13H4ClF7N2S/c14-5-1-3-6(4-2-5)22-24-23-12-10(17)8(15)7(13(19,20)21)9(16)11(12)18/h1-4H. The van der Waals surface area contributed by atoms with Gasteiger partial charge < -0.3 is 0 Å². The normalized spacial score (nSPS) is 11.3. The van der Waals surface area contributed by atoms with Gasteiger partial charge in [0.1, 0.15) is 5.56 Å². The molecule has 0 fully saturated rings. The molecule has 2 aromatic rings. The van der Waals surface area contributed by atoms with Crippen molar-refractivity contribution in [3.63, 3.8) is 0 Å². The number of alkyl halides is 3. The highest BCUT2D eigenvalue weighted by atomic mass is 35.5. The molecule has 2 aromatic carbocycles. The molecule has 0 N–H and O–H groups in total. The molecule has 0 unspecified atom stereocenters. The van der Waals surface area contributed by atoms with Gasteiger partial charge in [0.2, 0.25) is 0 Å². The van der Waals surface area contributed by atoms with Crippen LogP contribution in [0.3, 0.4) is 0 Å². The SMILES string of the molecule is Fc1c(F)c(C(F)(F)F)c(F)c(F)c1N=S=Nc1ccc(Cl)cc1. The lowest BCUT2D eigenvalue weighted by molar-refractivity contribution is -0.143. The van der Waals surface area contributed by atoms with Crippen LogP contribution in [0, 0.1) is 23.3 Å². The molecule has 0 aliphatic heterocycles. The van der Waals surface area contributed by atoms with Crippen molar-refractivity contribution in [3.05, 3.63) is 58.1 Å². The zero-order chi connectivity index (χ0) is 18.1. The molecule has 11 heteroatoms. The zero-order valence-corrected chi connectivity index (χ0v) is 12.7. The van der Waals surface area contributed by atoms with Gasteiger partial charge in [-0.25, -0.2) is 17.6 Å². The Bertz CT molecular complexity index is 814. The molecule has 0 spiro atoms. The lowest BCUT2D eigenvalue weighted by Gasteiger charge is -2.11. The number of hydrogen-bond donors (Lipinski definition) is 0. The fourth-order valence-corrected chi connectivity index (χ4v) is 2.18. The van der Waals surface area contributed by atoms with Crippen LogP contribution in [0.1, 0.15) is 5.56 Å². The summed E-state index contributed by atoms with van der Waals surface area (Å²) in [6.45, 7) is 0. The second-order valence-electron chi connectivity index (χ2n) is 4.22. The van der Waals surface area contributed by atoms with Crippen molar-refractivity contribution in [1.29, 1.82) is 0 Å². The van der Waals surface area contributed by atoms with Crippen LogP contribution in [0.5, 0.6) is 0 Å². The monoisotopic (exact) mass is 388 g/mol. The van der Waals surface area contributed by atoms with Gasteiger partial charge in [-0.1, -0.05) is 11.6 Å². The number of nitrogens with zero attached hydrogens (tertiary/aromatic N) is 2. The smallest absolute Gasteiger partial charge is 0.203 e. The molecule has 2 rings (SSSR count). The van der Waals surface area contributed by atoms with Crippen molar-refractivity contribution in [1.82, 2.24) is 0 Å². The molecule has 0 atom stereocenters. The van der Waals surface area contributed by atoms with Crippen molar-refractivity contribution < 1.29 is 30.7 Å². The molecule has 0 aliphatic carbocycles. The van der Waals surface area contributed by atoms with E-state index in [0.29, 0.717) is 5.02 Å². The van der Waals surface area contributed by atoms with E-state index in [-0.39, 0.29) is 17.0 Å². The molecule has 0 aliphatic rings. The van der Waals surface area contributed by atoms with Crippen molar-refractivity contribution in [2.45, 2.75) is 6.18 Å². The van der Waals surface area contributed by atoms with E-state index in [4.69, 9.17) is 11.6 Å². The molecule has 2 nitrogen and oxygen atoms in total. The maximum Gasteiger partial charge on any atom is 0.422 e. The first-order valence-electron chi connectivity index (χ1n) is 5.90. The highest BCUT2D eigenvalue weighted by Crippen LogP contribution is 2.39. The summed E-state index contributed by atoms with van der Waals surface area (Å²) in [6, 6.07) is 5.70. The maximum atomic E-state index is 13.6. The first-order valence-corrected chi connectivity index (χ1v) is 7.00. The quantitative estimate of drug-likeness (QED) is 0.424. The summed E-state index contributed by atoms with van der Waals surface area (Å²) in [7, 11) is 0. The number of rotatable bonds is 2. The first kappa shape index (κ1) is 18.4. The third-order valence-electron chi connectivity index (χ3n) is 2.63. The lowest BCUT2D eigenvalue weighted by atomic mass is 10.1. The van der Waals surface area contributed by atoms with Gasteiger partial charge in [-0.3, -0.25) is 0 Å². The Morgan fingerprint density at radius 3 is 1.75 bits per heavy atom. The van der Waals surface area contributed by atoms with Gasteiger partial charge >= 0.3 is 6.18 Å². The molecule has 0 saturated heterocycles. The summed E-state index contributed by atoms with van der Waals surface area (Å²) in [5.41, 5.74) is -3.95. The van der Waals surface area contributed by atoms with E-state index >= 15 is 0 Å². The van der Waals surface area contributed by atoms with Crippen molar-refractivity contribution >= 4 is 34.3 Å². The minimum atomic E-state index is -5.60. The van der Waals surface area contributed by atoms with Gasteiger partial charge in [0.15, 0.2) is 29.0 Å². The summed E-state index contributed by atoms with van der Waals surface area (Å²) in [6.07, 6.45) is -5.60. The van der Waals surface area contributed by atoms with Crippen molar-refractivity contribution in [2.75, 3.05) is 0 Å². The Morgan fingerprint density at radius 1 is 0.792 bits per heavy atom. The van der Waals surface area contributed by atoms with Gasteiger partial charge in [-0.15, -0.1) is 0 Å². The fourth-order valence-electron chi connectivity index (χ4n) is 1.56. The van der Waals surface area contributed by atoms with Gasteiger partial charge in [0.25, 0.3) is 0 Å². The average molecular weight is 389 g/mol. The van der Waals surface area contributed by atoms with E-state index in [0.717, 1.165) is 0 Å². The molecule has 0 heterocycles. The number of halogens is 8. The number of hydrogen-bond acceptors (Lipinski definition) is 2. The van der Waals surface area contributed by atoms with E-state index in [1.807, 2.05) is 0 Å². The van der Waals surface area contributed by atoms with Crippen LogP contribution in [0.15, 0.2) is 33.0 Å². The largest absolute Gasteiger partial charge is 0.422 e. The molecule has 0 aromatic heterocycles. The summed E-state index contributed by atoms with van der Waals surface area (Å²) in [5, 5.41) is 0.389. The van der Waals surface area contributed by atoms with E-state index in [2.05, 4.69) is 8.73 Å². The average Bonchev–Trinajstić information content (AvgIpc) is 2.49. The predicted molar refractivity (Wildman–Crippen MR) is 74.3 cm³/mol. The van der Waals surface area contributed by atoms with Crippen molar-refractivity contribution in [2.24, 2.45) is 8.73 Å². The lowest BCUT2D eigenvalue weighted by Crippen LogP contribution is -2.14. The van der Waals surface area contributed by atoms with Gasteiger partial charge in [-0.2, -0.15) is 21.9 Å². The molecule has 0 saturated carbocycles. The molecule has 0 radical (unpaired) electrons. The van der Waals surface area contributed by atoms with Crippen LogP contribution < -0.4 is 0 Å². The molecular weight excluding hydrogens is 385 g/mol. The Labute approximate surface area is 138 Å². The van der Waals surface area contributed by atoms with Crippen LogP contribution in [0.4, 0.5) is 42.1 Å². The molecule has 24 heavy (non-hydrogen) atoms. The molecular formula is C13H4ClF7N2S. The van der Waals surface area contributed by atoms with E-state index in [1.165, 1.54) is 24.3 Å². The van der Waals surface area contributed by atoms with E-state index < -0.39 is 40.7 Å². The summed E-state index contributed by atoms with van der Waals surface area (Å²) >= 11 is 5.76. The molecule has 0 amide bonds. The summed E-state index contributed by atoms with van der Waals surface area (Å²) < 4.78 is 97.9. The second-order valence-corrected chi connectivity index (χ2v) is 5.18. The molecule has 128 valence electrons. The Balaban J connectivity index is 2.52. The summed E-state index contributed by atoms with van der Waals surface area (Å²) in [4.78, 5) is 0. The van der Waals surface area contributed by atoms with Crippen LogP contribution in [-0.4, -0.2) is 0 Å². The van der Waals surface area contributed by atoms with Crippen LogP contribution in [0.25, 0.3) is 0 Å². The fraction of sp³-hybridized carbons (Fsp3) is 0.0769. The predicted octanol–water partition coefficient (Wildman–Crippen LogP) is 6.33. The van der Waals surface area contributed by atoms with Crippen LogP contribution in [-0.2, 0) is 17.5 Å². The zero-order valence-electron chi connectivity index (χ0n) is 11.1. The maximum absolute atomic E-state index is 13.6. The minimum absolute atomic E-state index is 0.137. The third kappa shape index (κ3) is 3.75.